The number of Topliss-reactive ketones (excluding diaryl/α,β-unsaturated/α-hetero) is 1. The Morgan fingerprint density at radius 1 is 1.05 bits per heavy atom. The van der Waals surface area contributed by atoms with Crippen molar-refractivity contribution in [3.8, 4) is 0 Å². The molecular formula is C15H17I3NO2V. The third-order valence-corrected chi connectivity index (χ3v) is 3.64. The maximum atomic E-state index is 12.3. The molecule has 3 nitrogen and oxygen atoms in total. The summed E-state index contributed by atoms with van der Waals surface area (Å²) in [6, 6.07) is 3.69. The Kier molecular flexibility index (Phi) is 8.39. The zero-order valence-corrected chi connectivity index (χ0v) is 20.9. The summed E-state index contributed by atoms with van der Waals surface area (Å²) in [6.07, 6.45) is 0. The van der Waals surface area contributed by atoms with Crippen LogP contribution < -0.4 is 5.56 Å². The normalized spacial score (nSPS) is 10.6. The van der Waals surface area contributed by atoms with Gasteiger partial charge in [0, 0.05) is 5.69 Å². The van der Waals surface area contributed by atoms with Gasteiger partial charge in [-0.15, -0.1) is 0 Å². The van der Waals surface area contributed by atoms with Crippen LogP contribution in [0.5, 0.6) is 0 Å². The van der Waals surface area contributed by atoms with E-state index in [0.717, 1.165) is 27.9 Å². The van der Waals surface area contributed by atoms with Crippen molar-refractivity contribution in [2.45, 2.75) is 34.6 Å². The summed E-state index contributed by atoms with van der Waals surface area (Å²) in [7, 11) is 0. The van der Waals surface area contributed by atoms with E-state index in [9.17, 15) is 9.59 Å². The van der Waals surface area contributed by atoms with Gasteiger partial charge in [0.05, 0.1) is 11.1 Å². The first-order chi connectivity index (χ1) is 10.1. The second-order valence-corrected chi connectivity index (χ2v) is 40.4. The number of ketones is 1. The number of rotatable bonds is 1. The Morgan fingerprint density at radius 3 is 2.00 bits per heavy atom. The van der Waals surface area contributed by atoms with Gasteiger partial charge in [0.25, 0.3) is 5.56 Å². The molecule has 120 valence electrons. The molecule has 0 fully saturated rings. The van der Waals surface area contributed by atoms with Gasteiger partial charge in [0.2, 0.25) is 0 Å². The standard InChI is InChI=1S/C15H17NO2.3HI.V/c1-8-7-14-9(2)6-13(12(5)17)15(18)16(14)11(4)10(8)3;;;;/h6-7H,1-5H3;3*1H;/q;;;;+3/p-3. The van der Waals surface area contributed by atoms with Crippen molar-refractivity contribution in [2.24, 2.45) is 0 Å². The molecule has 0 aromatic carbocycles. The molecular weight excluding hydrogens is 658 g/mol. The van der Waals surface area contributed by atoms with Gasteiger partial charge < -0.3 is 0 Å². The minimum atomic E-state index is -0.278. The fraction of sp³-hybridized carbons (Fsp3) is 0.333. The molecule has 7 heteroatoms. The first-order valence-electron chi connectivity index (χ1n) is 6.49. The van der Waals surface area contributed by atoms with Crippen molar-refractivity contribution in [3.63, 3.8) is 0 Å². The molecule has 0 spiro atoms. The molecule has 0 atom stereocenters. The molecule has 0 saturated heterocycles. The molecule has 2 aromatic rings. The molecule has 0 aliphatic carbocycles. The summed E-state index contributed by atoms with van der Waals surface area (Å²) in [4.78, 5) is 23.6. The van der Waals surface area contributed by atoms with Gasteiger partial charge in [0.15, 0.2) is 5.78 Å². The van der Waals surface area contributed by atoms with Crippen LogP contribution in [-0.4, -0.2) is 10.2 Å². The van der Waals surface area contributed by atoms with Gasteiger partial charge in [-0.2, -0.15) is 0 Å². The summed E-state index contributed by atoms with van der Waals surface area (Å²) >= 11 is 7.39. The second-order valence-electron chi connectivity index (χ2n) is 5.05. The summed E-state index contributed by atoms with van der Waals surface area (Å²) in [5.74, 6) is -0.185. The molecule has 0 unspecified atom stereocenters. The Morgan fingerprint density at radius 2 is 1.55 bits per heavy atom. The number of pyridine rings is 2. The number of aryl methyl sites for hydroxylation is 3. The number of nitrogens with zero attached hydrogens (tertiary/aromatic N) is 1. The van der Waals surface area contributed by atoms with E-state index in [4.69, 9.17) is 0 Å². The molecule has 0 aliphatic rings. The van der Waals surface area contributed by atoms with Gasteiger partial charge in [-0.3, -0.25) is 14.0 Å². The van der Waals surface area contributed by atoms with Crippen molar-refractivity contribution in [2.75, 3.05) is 0 Å². The molecule has 0 N–H and O–H groups in total. The van der Waals surface area contributed by atoms with E-state index in [2.05, 4.69) is 59.9 Å². The Balaban J connectivity index is 0.000000541. The average Bonchev–Trinajstić information content (AvgIpc) is 2.38. The predicted octanol–water partition coefficient (Wildman–Crippen LogP) is 5.39. The monoisotopic (exact) mass is 675 g/mol. The zero-order valence-electron chi connectivity index (χ0n) is 13.0. The van der Waals surface area contributed by atoms with E-state index in [1.54, 1.807) is 10.5 Å². The van der Waals surface area contributed by atoms with Crippen molar-refractivity contribution in [1.29, 1.82) is 0 Å². The van der Waals surface area contributed by atoms with Crippen LogP contribution in [0, 0.1) is 27.7 Å². The van der Waals surface area contributed by atoms with E-state index in [1.807, 2.05) is 33.8 Å². The minimum absolute atomic E-state index is 0.185. The molecule has 2 rings (SSSR count). The van der Waals surface area contributed by atoms with Gasteiger partial charge in [-0.05, 0) is 63.4 Å². The third kappa shape index (κ3) is 4.94. The van der Waals surface area contributed by atoms with Gasteiger partial charge >= 0.3 is 64.9 Å². The molecule has 0 bridgehead atoms. The predicted molar refractivity (Wildman–Crippen MR) is 115 cm³/mol. The van der Waals surface area contributed by atoms with Crippen LogP contribution in [0.4, 0.5) is 0 Å². The van der Waals surface area contributed by atoms with Crippen molar-refractivity contribution in [3.05, 3.63) is 50.4 Å². The molecule has 0 aliphatic heterocycles. The number of carbonyl (C=O) groups excluding carboxylic acids is 1. The topological polar surface area (TPSA) is 38.5 Å². The van der Waals surface area contributed by atoms with Gasteiger partial charge in [-0.25, -0.2) is 0 Å². The molecule has 22 heavy (non-hydrogen) atoms. The fourth-order valence-corrected chi connectivity index (χ4v) is 2.29. The van der Waals surface area contributed by atoms with Crippen molar-refractivity contribution in [1.82, 2.24) is 4.40 Å². The summed E-state index contributed by atoms with van der Waals surface area (Å²) in [6.45, 7) is 9.30. The number of aromatic nitrogens is 1. The summed E-state index contributed by atoms with van der Waals surface area (Å²) in [5, 5.41) is 0. The SMILES string of the molecule is CC(=O)c1cc(C)c2cc(C)c(C)c(C)n2c1=O.[I][V]([I])[I]. The molecule has 2 aromatic heterocycles. The Bertz CT molecular complexity index is 782. The number of hydrogen-bond donors (Lipinski definition) is 0. The zero-order chi connectivity index (χ0) is 17.2. The summed E-state index contributed by atoms with van der Waals surface area (Å²) < 4.78 is 1.65. The van der Waals surface area contributed by atoms with Crippen LogP contribution in [0.1, 0.15) is 39.7 Å². The second kappa shape index (κ2) is 8.82. The first kappa shape index (κ1) is 20.9. The Hall–Kier alpha value is 0.874. The van der Waals surface area contributed by atoms with Crippen LogP contribution >= 0.6 is 59.9 Å². The van der Waals surface area contributed by atoms with E-state index in [-0.39, 0.29) is 21.8 Å². The van der Waals surface area contributed by atoms with Crippen LogP contribution in [-0.2, 0) is 4.92 Å². The number of carbonyl (C=O) groups is 1. The summed E-state index contributed by atoms with van der Waals surface area (Å²) in [5.41, 5.74) is 5.02. The van der Waals surface area contributed by atoms with Crippen LogP contribution in [0.2, 0.25) is 0 Å². The maximum absolute atomic E-state index is 12.3. The number of hydrogen-bond acceptors (Lipinski definition) is 2. The molecule has 2 heterocycles. The van der Waals surface area contributed by atoms with Crippen molar-refractivity contribution < 1.29 is 9.72 Å². The van der Waals surface area contributed by atoms with Gasteiger partial charge in [0.1, 0.15) is 0 Å². The van der Waals surface area contributed by atoms with E-state index >= 15 is 0 Å². The van der Waals surface area contributed by atoms with Crippen LogP contribution in [0.25, 0.3) is 5.52 Å². The molecule has 0 radical (unpaired) electrons. The Labute approximate surface area is 168 Å². The van der Waals surface area contributed by atoms with Crippen molar-refractivity contribution >= 4 is 71.2 Å². The van der Waals surface area contributed by atoms with E-state index in [0.29, 0.717) is 0 Å². The number of halogens is 3. The van der Waals surface area contributed by atoms with Crippen LogP contribution in [0.15, 0.2) is 16.9 Å². The van der Waals surface area contributed by atoms with E-state index in [1.165, 1.54) is 6.92 Å². The molecule has 0 saturated carbocycles. The van der Waals surface area contributed by atoms with E-state index < -0.39 is 0 Å². The number of fused-ring (bicyclic) bond motifs is 1. The quantitative estimate of drug-likeness (QED) is 0.301. The third-order valence-electron chi connectivity index (χ3n) is 3.64. The molecule has 0 amide bonds. The fourth-order valence-electron chi connectivity index (χ4n) is 2.29. The average molecular weight is 675 g/mol. The van der Waals surface area contributed by atoms with Crippen LogP contribution in [0.3, 0.4) is 0 Å². The van der Waals surface area contributed by atoms with Gasteiger partial charge in [-0.1, -0.05) is 0 Å². The first-order valence-corrected chi connectivity index (χ1v) is 20.0.